The standard InChI is InChI=1S/C6H12.C3H8.3C2H6.CH4O/c1-6-4-2-3-5-6;1-3-2;4*1-2/h6H,2-5H2,1H3;3H2,1-2H3;3*1-2H3;2H,1H3. The van der Waals surface area contributed by atoms with E-state index in [1.807, 2.05) is 41.5 Å². The zero-order chi connectivity index (χ0) is 15.1. The second kappa shape index (κ2) is 56.4. The van der Waals surface area contributed by atoms with Crippen LogP contribution in [-0.4, -0.2) is 12.2 Å². The van der Waals surface area contributed by atoms with Crippen LogP contribution in [0, 0.1) is 5.92 Å². The van der Waals surface area contributed by atoms with Crippen LogP contribution >= 0.6 is 0 Å². The Morgan fingerprint density at radius 1 is 0.765 bits per heavy atom. The molecule has 0 spiro atoms. The quantitative estimate of drug-likeness (QED) is 0.535. The van der Waals surface area contributed by atoms with Crippen molar-refractivity contribution in [1.82, 2.24) is 0 Å². The Hall–Kier alpha value is -0.0400. The molecule has 0 radical (unpaired) electrons. The Kier molecular flexibility index (Phi) is 100. The van der Waals surface area contributed by atoms with Gasteiger partial charge in [0, 0.05) is 7.11 Å². The molecule has 0 amide bonds. The second-order valence-electron chi connectivity index (χ2n) is 3.10. The fourth-order valence-electron chi connectivity index (χ4n) is 1.13. The lowest BCUT2D eigenvalue weighted by atomic mass is 10.2. The lowest BCUT2D eigenvalue weighted by Crippen LogP contribution is -1.78. The molecule has 1 heteroatoms. The Labute approximate surface area is 113 Å². The minimum absolute atomic E-state index is 1.00. The van der Waals surface area contributed by atoms with E-state index in [1.165, 1.54) is 32.1 Å². The lowest BCUT2D eigenvalue weighted by Gasteiger charge is -1.91. The van der Waals surface area contributed by atoms with Crippen LogP contribution in [0.5, 0.6) is 0 Å². The predicted octanol–water partition coefficient (Wildman–Crippen LogP) is 6.30. The van der Waals surface area contributed by atoms with Gasteiger partial charge in [-0.1, -0.05) is 94.4 Å². The number of hydrogen-bond acceptors (Lipinski definition) is 1. The van der Waals surface area contributed by atoms with Crippen molar-refractivity contribution < 1.29 is 5.11 Å². The molecule has 0 aromatic carbocycles. The van der Waals surface area contributed by atoms with Crippen LogP contribution in [0.25, 0.3) is 0 Å². The first-order chi connectivity index (χ1) is 8.31. The van der Waals surface area contributed by atoms with Crippen LogP contribution < -0.4 is 0 Å². The van der Waals surface area contributed by atoms with E-state index in [9.17, 15) is 0 Å². The summed E-state index contributed by atoms with van der Waals surface area (Å²) in [5, 5.41) is 7.00. The SMILES string of the molecule is CC.CC.CC.CC1CCCC1.CCC.CO. The summed E-state index contributed by atoms with van der Waals surface area (Å²) in [7, 11) is 1.00. The highest BCUT2D eigenvalue weighted by atomic mass is 16.2. The van der Waals surface area contributed by atoms with E-state index >= 15 is 0 Å². The van der Waals surface area contributed by atoms with Gasteiger partial charge in [0.05, 0.1) is 0 Å². The third-order valence-corrected chi connectivity index (χ3v) is 1.64. The van der Waals surface area contributed by atoms with Gasteiger partial charge in [-0.25, -0.2) is 0 Å². The molecule has 0 bridgehead atoms. The van der Waals surface area contributed by atoms with Gasteiger partial charge in [-0.15, -0.1) is 0 Å². The molecular formula is C16H42O. The van der Waals surface area contributed by atoms with Crippen molar-refractivity contribution in [2.75, 3.05) is 7.11 Å². The molecule has 0 aromatic heterocycles. The van der Waals surface area contributed by atoms with Gasteiger partial charge in [0.2, 0.25) is 0 Å². The third kappa shape index (κ3) is 64.2. The molecule has 1 aliphatic carbocycles. The molecule has 1 aliphatic rings. The van der Waals surface area contributed by atoms with Crippen molar-refractivity contribution in [3.63, 3.8) is 0 Å². The largest absolute Gasteiger partial charge is 0.400 e. The number of hydrogen-bond donors (Lipinski definition) is 1. The third-order valence-electron chi connectivity index (χ3n) is 1.64. The Morgan fingerprint density at radius 2 is 0.941 bits per heavy atom. The Balaban J connectivity index is -0.0000000382. The normalized spacial score (nSPS) is 11.5. The van der Waals surface area contributed by atoms with Crippen molar-refractivity contribution in [3.8, 4) is 0 Å². The van der Waals surface area contributed by atoms with Gasteiger partial charge >= 0.3 is 0 Å². The molecule has 1 nitrogen and oxygen atoms in total. The van der Waals surface area contributed by atoms with Crippen molar-refractivity contribution >= 4 is 0 Å². The van der Waals surface area contributed by atoms with E-state index in [0.717, 1.165) is 13.0 Å². The molecule has 1 N–H and O–H groups in total. The highest BCUT2D eigenvalue weighted by Crippen LogP contribution is 2.22. The molecule has 1 saturated carbocycles. The van der Waals surface area contributed by atoms with E-state index in [-0.39, 0.29) is 0 Å². The average Bonchev–Trinajstić information content (AvgIpc) is 2.91. The first-order valence-corrected chi connectivity index (χ1v) is 7.76. The Morgan fingerprint density at radius 3 is 1.00 bits per heavy atom. The molecule has 17 heavy (non-hydrogen) atoms. The van der Waals surface area contributed by atoms with E-state index < -0.39 is 0 Å². The van der Waals surface area contributed by atoms with Crippen molar-refractivity contribution in [1.29, 1.82) is 0 Å². The zero-order valence-electron chi connectivity index (χ0n) is 14.6. The van der Waals surface area contributed by atoms with Gasteiger partial charge < -0.3 is 5.11 Å². The summed E-state index contributed by atoms with van der Waals surface area (Å²) in [6.45, 7) is 18.6. The van der Waals surface area contributed by atoms with Crippen LogP contribution in [0.15, 0.2) is 0 Å². The van der Waals surface area contributed by atoms with Crippen molar-refractivity contribution in [2.45, 2.75) is 94.4 Å². The molecule has 0 atom stereocenters. The number of aliphatic hydroxyl groups is 1. The lowest BCUT2D eigenvalue weighted by molar-refractivity contribution is 0.399. The monoisotopic (exact) mass is 250 g/mol. The smallest absolute Gasteiger partial charge is 0.0319 e. The van der Waals surface area contributed by atoms with Crippen LogP contribution in [-0.2, 0) is 0 Å². The zero-order valence-corrected chi connectivity index (χ0v) is 14.6. The molecule has 1 rings (SSSR count). The summed E-state index contributed by atoms with van der Waals surface area (Å²) in [5.74, 6) is 1.05. The van der Waals surface area contributed by atoms with Crippen LogP contribution in [0.3, 0.4) is 0 Å². The summed E-state index contributed by atoms with van der Waals surface area (Å²) in [4.78, 5) is 0. The fraction of sp³-hybridized carbons (Fsp3) is 1.00. The first kappa shape index (κ1) is 30.2. The van der Waals surface area contributed by atoms with Gasteiger partial charge in [-0.3, -0.25) is 0 Å². The molecule has 0 unspecified atom stereocenters. The van der Waals surface area contributed by atoms with E-state index in [2.05, 4.69) is 20.8 Å². The number of aliphatic hydroxyl groups excluding tert-OH is 1. The van der Waals surface area contributed by atoms with Crippen LogP contribution in [0.1, 0.15) is 94.4 Å². The van der Waals surface area contributed by atoms with E-state index in [4.69, 9.17) is 5.11 Å². The summed E-state index contributed by atoms with van der Waals surface area (Å²) in [6, 6.07) is 0. The van der Waals surface area contributed by atoms with Crippen molar-refractivity contribution in [2.24, 2.45) is 5.92 Å². The van der Waals surface area contributed by atoms with Crippen molar-refractivity contribution in [3.05, 3.63) is 0 Å². The van der Waals surface area contributed by atoms with Gasteiger partial charge in [0.25, 0.3) is 0 Å². The molecule has 112 valence electrons. The number of rotatable bonds is 0. The van der Waals surface area contributed by atoms with Gasteiger partial charge in [-0.05, 0) is 5.92 Å². The average molecular weight is 251 g/mol. The maximum absolute atomic E-state index is 7.00. The highest BCUT2D eigenvalue weighted by Gasteiger charge is 2.07. The molecule has 0 aromatic rings. The minimum Gasteiger partial charge on any atom is -0.400 e. The highest BCUT2D eigenvalue weighted by molar-refractivity contribution is 4.60. The molecule has 0 heterocycles. The van der Waals surface area contributed by atoms with Gasteiger partial charge in [0.15, 0.2) is 0 Å². The van der Waals surface area contributed by atoms with Crippen LogP contribution in [0.2, 0.25) is 0 Å². The van der Waals surface area contributed by atoms with E-state index in [1.54, 1.807) is 0 Å². The maximum Gasteiger partial charge on any atom is 0.0319 e. The molecule has 1 fully saturated rings. The first-order valence-electron chi connectivity index (χ1n) is 7.76. The molecule has 0 aliphatic heterocycles. The molecule has 0 saturated heterocycles. The summed E-state index contributed by atoms with van der Waals surface area (Å²) in [6.07, 6.45) is 7.20. The predicted molar refractivity (Wildman–Crippen MR) is 85.8 cm³/mol. The summed E-state index contributed by atoms with van der Waals surface area (Å²) in [5.41, 5.74) is 0. The summed E-state index contributed by atoms with van der Waals surface area (Å²) < 4.78 is 0. The van der Waals surface area contributed by atoms with Gasteiger partial charge in [0.1, 0.15) is 0 Å². The second-order valence-corrected chi connectivity index (χ2v) is 3.10. The van der Waals surface area contributed by atoms with Crippen LogP contribution in [0.4, 0.5) is 0 Å². The molecular weight excluding hydrogens is 208 g/mol. The van der Waals surface area contributed by atoms with Gasteiger partial charge in [-0.2, -0.15) is 0 Å². The minimum atomic E-state index is 1.00. The maximum atomic E-state index is 7.00. The van der Waals surface area contributed by atoms with E-state index in [0.29, 0.717) is 0 Å². The topological polar surface area (TPSA) is 20.2 Å². The summed E-state index contributed by atoms with van der Waals surface area (Å²) >= 11 is 0. The Bertz CT molecular complexity index is 47.5. The fourth-order valence-corrected chi connectivity index (χ4v) is 1.13.